The highest BCUT2D eigenvalue weighted by Crippen LogP contribution is 2.17. The van der Waals surface area contributed by atoms with Crippen LogP contribution in [0.5, 0.6) is 5.75 Å². The molecule has 1 aromatic carbocycles. The number of aromatic hydroxyl groups is 1. The molecular formula is C10H16N2O3S. The summed E-state index contributed by atoms with van der Waals surface area (Å²) in [6.07, 6.45) is 0. The van der Waals surface area contributed by atoms with Gasteiger partial charge in [-0.3, -0.25) is 4.72 Å². The van der Waals surface area contributed by atoms with Crippen LogP contribution in [0, 0.1) is 0 Å². The first-order valence-electron chi connectivity index (χ1n) is 5.06. The van der Waals surface area contributed by atoms with Crippen LogP contribution in [-0.4, -0.2) is 30.9 Å². The first kappa shape index (κ1) is 12.8. The van der Waals surface area contributed by atoms with Crippen LogP contribution < -0.4 is 4.72 Å². The van der Waals surface area contributed by atoms with Gasteiger partial charge in [0, 0.05) is 19.2 Å². The number of nitrogens with one attached hydrogen (secondary N) is 1. The molecule has 0 aliphatic heterocycles. The second-order valence-electron chi connectivity index (χ2n) is 3.24. The second kappa shape index (κ2) is 5.18. The molecule has 0 spiro atoms. The number of nitrogens with zero attached hydrogens (tertiary/aromatic N) is 1. The van der Waals surface area contributed by atoms with Gasteiger partial charge in [0.25, 0.3) is 0 Å². The van der Waals surface area contributed by atoms with Gasteiger partial charge >= 0.3 is 10.2 Å². The third-order valence-electron chi connectivity index (χ3n) is 2.14. The quantitative estimate of drug-likeness (QED) is 0.822. The standard InChI is InChI=1S/C10H16N2O3S/c1-3-12(4-2)16(14,15)11-9-6-5-7-10(13)8-9/h5-8,11,13H,3-4H2,1-2H3. The monoisotopic (exact) mass is 244 g/mol. The zero-order chi connectivity index (χ0) is 12.2. The second-order valence-corrected chi connectivity index (χ2v) is 4.91. The van der Waals surface area contributed by atoms with Crippen molar-refractivity contribution in [1.29, 1.82) is 0 Å². The lowest BCUT2D eigenvalue weighted by Gasteiger charge is -2.19. The van der Waals surface area contributed by atoms with Gasteiger partial charge in [0.05, 0.1) is 5.69 Å². The maximum absolute atomic E-state index is 11.8. The Hall–Kier alpha value is -1.27. The fourth-order valence-electron chi connectivity index (χ4n) is 1.35. The molecule has 0 radical (unpaired) electrons. The van der Waals surface area contributed by atoms with E-state index < -0.39 is 10.2 Å². The molecule has 5 nitrogen and oxygen atoms in total. The normalized spacial score (nSPS) is 11.7. The molecule has 2 N–H and O–H groups in total. The van der Waals surface area contributed by atoms with Gasteiger partial charge in [0.15, 0.2) is 0 Å². The lowest BCUT2D eigenvalue weighted by molar-refractivity contribution is 0.449. The average Bonchev–Trinajstić information content (AvgIpc) is 2.18. The lowest BCUT2D eigenvalue weighted by atomic mass is 10.3. The van der Waals surface area contributed by atoms with E-state index in [0.717, 1.165) is 0 Å². The fraction of sp³-hybridized carbons (Fsp3) is 0.400. The molecule has 0 saturated heterocycles. The summed E-state index contributed by atoms with van der Waals surface area (Å²) >= 11 is 0. The van der Waals surface area contributed by atoms with E-state index >= 15 is 0 Å². The molecule has 90 valence electrons. The first-order chi connectivity index (χ1) is 7.49. The zero-order valence-electron chi connectivity index (χ0n) is 9.34. The molecule has 6 heteroatoms. The zero-order valence-corrected chi connectivity index (χ0v) is 10.2. The van der Waals surface area contributed by atoms with Crippen molar-refractivity contribution in [2.45, 2.75) is 13.8 Å². The Bertz CT molecular complexity index is 441. The van der Waals surface area contributed by atoms with Crippen LogP contribution >= 0.6 is 0 Å². The van der Waals surface area contributed by atoms with Crippen LogP contribution in [0.1, 0.15) is 13.8 Å². The summed E-state index contributed by atoms with van der Waals surface area (Å²) < 4.78 is 27.3. The largest absolute Gasteiger partial charge is 0.508 e. The smallest absolute Gasteiger partial charge is 0.301 e. The Balaban J connectivity index is 2.88. The van der Waals surface area contributed by atoms with Crippen LogP contribution in [0.15, 0.2) is 24.3 Å². The highest BCUT2D eigenvalue weighted by molar-refractivity contribution is 7.90. The number of hydrogen-bond acceptors (Lipinski definition) is 3. The van der Waals surface area contributed by atoms with Gasteiger partial charge in [-0.1, -0.05) is 19.9 Å². The van der Waals surface area contributed by atoms with Gasteiger partial charge in [0.2, 0.25) is 0 Å². The van der Waals surface area contributed by atoms with Crippen LogP contribution in [0.4, 0.5) is 5.69 Å². The fourth-order valence-corrected chi connectivity index (χ4v) is 2.58. The number of phenols is 1. The summed E-state index contributed by atoms with van der Waals surface area (Å²) in [4.78, 5) is 0. The summed E-state index contributed by atoms with van der Waals surface area (Å²) in [7, 11) is -3.52. The minimum Gasteiger partial charge on any atom is -0.508 e. The first-order valence-corrected chi connectivity index (χ1v) is 6.50. The molecular weight excluding hydrogens is 228 g/mol. The number of benzene rings is 1. The predicted molar refractivity (Wildman–Crippen MR) is 63.6 cm³/mol. The molecule has 0 aliphatic carbocycles. The average molecular weight is 244 g/mol. The molecule has 16 heavy (non-hydrogen) atoms. The summed E-state index contributed by atoms with van der Waals surface area (Å²) in [5, 5.41) is 9.21. The molecule has 0 aromatic heterocycles. The van der Waals surface area contributed by atoms with Crippen molar-refractivity contribution in [3.8, 4) is 5.75 Å². The molecule has 0 fully saturated rings. The minimum absolute atomic E-state index is 0.0275. The van der Waals surface area contributed by atoms with E-state index in [1.807, 2.05) is 0 Å². The number of phenolic OH excluding ortho intramolecular Hbond substituents is 1. The molecule has 0 unspecified atom stereocenters. The molecule has 0 atom stereocenters. The molecule has 1 aromatic rings. The minimum atomic E-state index is -3.52. The van der Waals surface area contributed by atoms with Gasteiger partial charge in [-0.05, 0) is 12.1 Å². The van der Waals surface area contributed by atoms with Gasteiger partial charge in [-0.2, -0.15) is 12.7 Å². The van der Waals surface area contributed by atoms with Crippen molar-refractivity contribution in [3.05, 3.63) is 24.3 Å². The molecule has 0 amide bonds. The van der Waals surface area contributed by atoms with Crippen LogP contribution in [0.3, 0.4) is 0 Å². The van der Waals surface area contributed by atoms with Crippen molar-refractivity contribution < 1.29 is 13.5 Å². The predicted octanol–water partition coefficient (Wildman–Crippen LogP) is 1.39. The molecule has 0 bridgehead atoms. The highest BCUT2D eigenvalue weighted by atomic mass is 32.2. The van der Waals surface area contributed by atoms with Crippen LogP contribution in [-0.2, 0) is 10.2 Å². The Labute approximate surface area is 95.9 Å². The number of rotatable bonds is 5. The molecule has 0 saturated carbocycles. The Morgan fingerprint density at radius 3 is 2.44 bits per heavy atom. The maximum Gasteiger partial charge on any atom is 0.301 e. The summed E-state index contributed by atoms with van der Waals surface area (Å²) in [5.74, 6) is 0.0275. The van der Waals surface area contributed by atoms with E-state index in [1.54, 1.807) is 26.0 Å². The molecule has 0 heterocycles. The van der Waals surface area contributed by atoms with Crippen molar-refractivity contribution in [2.75, 3.05) is 17.8 Å². The van der Waals surface area contributed by atoms with E-state index in [0.29, 0.717) is 18.8 Å². The Morgan fingerprint density at radius 2 is 1.94 bits per heavy atom. The topological polar surface area (TPSA) is 69.6 Å². The van der Waals surface area contributed by atoms with E-state index in [9.17, 15) is 13.5 Å². The molecule has 0 aliphatic rings. The van der Waals surface area contributed by atoms with Gasteiger partial charge in [-0.25, -0.2) is 0 Å². The summed E-state index contributed by atoms with van der Waals surface area (Å²) in [5.41, 5.74) is 0.354. The number of hydrogen-bond donors (Lipinski definition) is 2. The van der Waals surface area contributed by atoms with Crippen molar-refractivity contribution in [3.63, 3.8) is 0 Å². The number of anilines is 1. The SMILES string of the molecule is CCN(CC)S(=O)(=O)Nc1cccc(O)c1. The Morgan fingerprint density at radius 1 is 1.31 bits per heavy atom. The lowest BCUT2D eigenvalue weighted by Crippen LogP contribution is -2.35. The summed E-state index contributed by atoms with van der Waals surface area (Å²) in [6, 6.07) is 6.01. The summed E-state index contributed by atoms with van der Waals surface area (Å²) in [6.45, 7) is 4.35. The van der Waals surface area contributed by atoms with Crippen LogP contribution in [0.2, 0.25) is 0 Å². The van der Waals surface area contributed by atoms with Crippen molar-refractivity contribution >= 4 is 15.9 Å². The van der Waals surface area contributed by atoms with Gasteiger partial charge < -0.3 is 5.11 Å². The van der Waals surface area contributed by atoms with Crippen molar-refractivity contribution in [1.82, 2.24) is 4.31 Å². The van der Waals surface area contributed by atoms with Crippen LogP contribution in [0.25, 0.3) is 0 Å². The van der Waals surface area contributed by atoms with Crippen molar-refractivity contribution in [2.24, 2.45) is 0 Å². The van der Waals surface area contributed by atoms with E-state index in [2.05, 4.69) is 4.72 Å². The third kappa shape index (κ3) is 3.11. The van der Waals surface area contributed by atoms with E-state index in [1.165, 1.54) is 16.4 Å². The highest BCUT2D eigenvalue weighted by Gasteiger charge is 2.18. The van der Waals surface area contributed by atoms with E-state index in [4.69, 9.17) is 0 Å². The Kier molecular flexibility index (Phi) is 4.14. The van der Waals surface area contributed by atoms with E-state index in [-0.39, 0.29) is 5.75 Å². The van der Waals surface area contributed by atoms with Gasteiger partial charge in [-0.15, -0.1) is 0 Å². The maximum atomic E-state index is 11.8. The van der Waals surface area contributed by atoms with Gasteiger partial charge in [0.1, 0.15) is 5.75 Å². The third-order valence-corrected chi connectivity index (χ3v) is 3.83. The molecule has 1 rings (SSSR count).